The standard InChI is InChI=1S/C15H22N2O3/c1-10(2)15(3,4)9-16-14(20)17-12-8-6-5-7-11(12)13(18)19/h5-8,10H,9H2,1-4H3,(H,18,19)(H2,16,17,20). The Morgan fingerprint density at radius 1 is 1.25 bits per heavy atom. The van der Waals surface area contributed by atoms with Gasteiger partial charge in [-0.15, -0.1) is 0 Å². The summed E-state index contributed by atoms with van der Waals surface area (Å²) in [6, 6.07) is 5.92. The second-order valence-electron chi connectivity index (χ2n) is 5.80. The zero-order valence-corrected chi connectivity index (χ0v) is 12.4. The first-order chi connectivity index (χ1) is 9.24. The molecule has 5 nitrogen and oxygen atoms in total. The van der Waals surface area contributed by atoms with Crippen LogP contribution in [0.5, 0.6) is 0 Å². The number of benzene rings is 1. The van der Waals surface area contributed by atoms with E-state index in [-0.39, 0.29) is 11.0 Å². The molecule has 0 aliphatic carbocycles. The lowest BCUT2D eigenvalue weighted by atomic mass is 9.81. The lowest BCUT2D eigenvalue weighted by molar-refractivity contribution is 0.0698. The van der Waals surface area contributed by atoms with E-state index in [1.165, 1.54) is 6.07 Å². The average molecular weight is 278 g/mol. The molecule has 3 N–H and O–H groups in total. The summed E-state index contributed by atoms with van der Waals surface area (Å²) < 4.78 is 0. The molecule has 0 aliphatic heterocycles. The van der Waals surface area contributed by atoms with Gasteiger partial charge in [-0.2, -0.15) is 0 Å². The third-order valence-corrected chi connectivity index (χ3v) is 3.67. The number of carbonyl (C=O) groups is 2. The molecule has 0 spiro atoms. The molecule has 0 saturated heterocycles. The summed E-state index contributed by atoms with van der Waals surface area (Å²) in [7, 11) is 0. The van der Waals surface area contributed by atoms with Gasteiger partial charge < -0.3 is 15.7 Å². The molecule has 0 atom stereocenters. The van der Waals surface area contributed by atoms with Crippen LogP contribution in [-0.2, 0) is 0 Å². The van der Waals surface area contributed by atoms with Gasteiger partial charge >= 0.3 is 12.0 Å². The molecule has 20 heavy (non-hydrogen) atoms. The van der Waals surface area contributed by atoms with Crippen molar-refractivity contribution in [1.29, 1.82) is 0 Å². The van der Waals surface area contributed by atoms with Crippen LogP contribution >= 0.6 is 0 Å². The van der Waals surface area contributed by atoms with Crippen LogP contribution in [0.15, 0.2) is 24.3 Å². The molecular weight excluding hydrogens is 256 g/mol. The fraction of sp³-hybridized carbons (Fsp3) is 0.467. The second kappa shape index (κ2) is 6.41. The number of rotatable bonds is 5. The van der Waals surface area contributed by atoms with E-state index in [2.05, 4.69) is 38.3 Å². The summed E-state index contributed by atoms with van der Waals surface area (Å²) >= 11 is 0. The molecule has 110 valence electrons. The molecule has 1 rings (SSSR count). The van der Waals surface area contributed by atoms with E-state index >= 15 is 0 Å². The highest BCUT2D eigenvalue weighted by molar-refractivity contribution is 5.99. The highest BCUT2D eigenvalue weighted by Gasteiger charge is 2.23. The van der Waals surface area contributed by atoms with Crippen LogP contribution in [0, 0.1) is 11.3 Å². The summed E-state index contributed by atoms with van der Waals surface area (Å²) in [5.74, 6) is -0.641. The quantitative estimate of drug-likeness (QED) is 0.774. The number of amides is 2. The molecule has 2 amide bonds. The number of anilines is 1. The Balaban J connectivity index is 2.66. The summed E-state index contributed by atoms with van der Waals surface area (Å²) in [5.41, 5.74) is 0.342. The maximum atomic E-state index is 11.8. The number of hydrogen-bond acceptors (Lipinski definition) is 2. The van der Waals surface area contributed by atoms with Crippen molar-refractivity contribution in [3.05, 3.63) is 29.8 Å². The van der Waals surface area contributed by atoms with E-state index < -0.39 is 12.0 Å². The minimum Gasteiger partial charge on any atom is -0.478 e. The van der Waals surface area contributed by atoms with Gasteiger partial charge in [-0.3, -0.25) is 0 Å². The smallest absolute Gasteiger partial charge is 0.337 e. The first-order valence-electron chi connectivity index (χ1n) is 6.61. The van der Waals surface area contributed by atoms with Crippen molar-refractivity contribution < 1.29 is 14.7 Å². The Morgan fingerprint density at radius 3 is 2.40 bits per heavy atom. The van der Waals surface area contributed by atoms with E-state index in [0.29, 0.717) is 18.2 Å². The molecule has 0 saturated carbocycles. The minimum atomic E-state index is -1.07. The molecule has 0 heterocycles. The Bertz CT molecular complexity index is 496. The lowest BCUT2D eigenvalue weighted by Crippen LogP contribution is -2.39. The van der Waals surface area contributed by atoms with Crippen molar-refractivity contribution in [3.63, 3.8) is 0 Å². The summed E-state index contributed by atoms with van der Waals surface area (Å²) in [6.07, 6.45) is 0. The fourth-order valence-corrected chi connectivity index (χ4v) is 1.46. The third-order valence-electron chi connectivity index (χ3n) is 3.67. The van der Waals surface area contributed by atoms with Crippen LogP contribution in [0.25, 0.3) is 0 Å². The predicted molar refractivity (Wildman–Crippen MR) is 79.0 cm³/mol. The van der Waals surface area contributed by atoms with Crippen LogP contribution in [0.4, 0.5) is 10.5 Å². The van der Waals surface area contributed by atoms with Crippen LogP contribution in [0.2, 0.25) is 0 Å². The fourth-order valence-electron chi connectivity index (χ4n) is 1.46. The molecule has 1 aromatic carbocycles. The van der Waals surface area contributed by atoms with Gasteiger partial charge in [0.1, 0.15) is 0 Å². The number of carbonyl (C=O) groups excluding carboxylic acids is 1. The van der Waals surface area contributed by atoms with Crippen molar-refractivity contribution in [2.45, 2.75) is 27.7 Å². The first-order valence-corrected chi connectivity index (χ1v) is 6.61. The van der Waals surface area contributed by atoms with Crippen LogP contribution in [-0.4, -0.2) is 23.7 Å². The molecule has 0 unspecified atom stereocenters. The lowest BCUT2D eigenvalue weighted by Gasteiger charge is -2.29. The van der Waals surface area contributed by atoms with E-state index in [0.717, 1.165) is 0 Å². The second-order valence-corrected chi connectivity index (χ2v) is 5.80. The Labute approximate surface area is 119 Å². The number of aromatic carboxylic acids is 1. The number of nitrogens with one attached hydrogen (secondary N) is 2. The van der Waals surface area contributed by atoms with E-state index in [1.54, 1.807) is 18.2 Å². The Hall–Kier alpha value is -2.04. The maximum Gasteiger partial charge on any atom is 0.337 e. The highest BCUT2D eigenvalue weighted by atomic mass is 16.4. The van der Waals surface area contributed by atoms with Crippen molar-refractivity contribution >= 4 is 17.7 Å². The van der Waals surface area contributed by atoms with E-state index in [1.807, 2.05) is 0 Å². The number of urea groups is 1. The summed E-state index contributed by atoms with van der Waals surface area (Å²) in [4.78, 5) is 22.9. The Morgan fingerprint density at radius 2 is 1.85 bits per heavy atom. The molecular formula is C15H22N2O3. The molecule has 0 aliphatic rings. The van der Waals surface area contributed by atoms with Gasteiger partial charge in [0.25, 0.3) is 0 Å². The average Bonchev–Trinajstić information content (AvgIpc) is 2.36. The normalized spacial score (nSPS) is 11.2. The third kappa shape index (κ3) is 4.26. The summed E-state index contributed by atoms with van der Waals surface area (Å²) in [6.45, 7) is 8.86. The number of hydrogen-bond donors (Lipinski definition) is 3. The van der Waals surface area contributed by atoms with Gasteiger partial charge in [0.2, 0.25) is 0 Å². The molecule has 0 radical (unpaired) electrons. The molecule has 5 heteroatoms. The molecule has 1 aromatic rings. The van der Waals surface area contributed by atoms with Gasteiger partial charge in [-0.1, -0.05) is 39.8 Å². The van der Waals surface area contributed by atoms with E-state index in [4.69, 9.17) is 5.11 Å². The Kier molecular flexibility index (Phi) is 5.13. The molecule has 0 fully saturated rings. The van der Waals surface area contributed by atoms with Crippen molar-refractivity contribution in [1.82, 2.24) is 5.32 Å². The number of carboxylic acid groups (broad SMARTS) is 1. The van der Waals surface area contributed by atoms with Crippen LogP contribution < -0.4 is 10.6 Å². The highest BCUT2D eigenvalue weighted by Crippen LogP contribution is 2.24. The van der Waals surface area contributed by atoms with Gasteiger partial charge in [0.15, 0.2) is 0 Å². The SMILES string of the molecule is CC(C)C(C)(C)CNC(=O)Nc1ccccc1C(=O)O. The number of carboxylic acids is 1. The zero-order chi connectivity index (χ0) is 15.3. The van der Waals surface area contributed by atoms with Crippen LogP contribution in [0.1, 0.15) is 38.1 Å². The van der Waals surface area contributed by atoms with Gasteiger partial charge in [0.05, 0.1) is 11.3 Å². The largest absolute Gasteiger partial charge is 0.478 e. The van der Waals surface area contributed by atoms with E-state index in [9.17, 15) is 9.59 Å². The van der Waals surface area contributed by atoms with Crippen molar-refractivity contribution in [3.8, 4) is 0 Å². The first kappa shape index (κ1) is 16.0. The van der Waals surface area contributed by atoms with Gasteiger partial charge in [0, 0.05) is 6.54 Å². The maximum absolute atomic E-state index is 11.8. The topological polar surface area (TPSA) is 78.4 Å². The predicted octanol–water partition coefficient (Wildman–Crippen LogP) is 3.19. The number of para-hydroxylation sites is 1. The minimum absolute atomic E-state index is 0.0242. The van der Waals surface area contributed by atoms with Crippen LogP contribution in [0.3, 0.4) is 0 Å². The van der Waals surface area contributed by atoms with Crippen molar-refractivity contribution in [2.24, 2.45) is 11.3 Å². The molecule has 0 aromatic heterocycles. The zero-order valence-electron chi connectivity index (χ0n) is 12.4. The van der Waals surface area contributed by atoms with Gasteiger partial charge in [-0.25, -0.2) is 9.59 Å². The van der Waals surface area contributed by atoms with Gasteiger partial charge in [-0.05, 0) is 23.5 Å². The van der Waals surface area contributed by atoms with Crippen molar-refractivity contribution in [2.75, 3.05) is 11.9 Å². The monoisotopic (exact) mass is 278 g/mol. The summed E-state index contributed by atoms with van der Waals surface area (Å²) in [5, 5.41) is 14.4. The molecule has 0 bridgehead atoms.